The first-order valence-electron chi connectivity index (χ1n) is 6.90. The smallest absolute Gasteiger partial charge is 0.123 e. The van der Waals surface area contributed by atoms with E-state index in [-0.39, 0.29) is 5.82 Å². The molecule has 2 aromatic rings. The van der Waals surface area contributed by atoms with Crippen LogP contribution in [0.2, 0.25) is 0 Å². The first-order valence-corrected chi connectivity index (χ1v) is 6.90. The first-order chi connectivity index (χ1) is 10.2. The Morgan fingerprint density at radius 3 is 2.62 bits per heavy atom. The number of halogens is 1. The van der Waals surface area contributed by atoms with Gasteiger partial charge in [-0.25, -0.2) is 4.39 Å². The molecule has 0 heterocycles. The minimum atomic E-state index is -0.727. The molecule has 3 nitrogen and oxygen atoms in total. The molecule has 0 amide bonds. The lowest BCUT2D eigenvalue weighted by atomic mass is 10.1. The number of ether oxygens (including phenoxy) is 1. The normalized spacial score (nSPS) is 12.3. The Bertz CT molecular complexity index is 574. The molecule has 2 N–H and O–H groups in total. The zero-order valence-corrected chi connectivity index (χ0v) is 12.1. The van der Waals surface area contributed by atoms with Crippen molar-refractivity contribution >= 4 is 0 Å². The van der Waals surface area contributed by atoms with Crippen molar-refractivity contribution < 1.29 is 14.2 Å². The number of hydrogen-bond donors (Lipinski definition) is 2. The van der Waals surface area contributed by atoms with Crippen molar-refractivity contribution in [3.05, 3.63) is 71.0 Å². The van der Waals surface area contributed by atoms with Crippen molar-refractivity contribution in [3.8, 4) is 0 Å². The van der Waals surface area contributed by atoms with Crippen LogP contribution in [0, 0.1) is 5.82 Å². The van der Waals surface area contributed by atoms with Gasteiger partial charge in [-0.2, -0.15) is 0 Å². The summed E-state index contributed by atoms with van der Waals surface area (Å²) in [5.74, 6) is -0.336. The minimum Gasteiger partial charge on any atom is -0.387 e. The summed E-state index contributed by atoms with van der Waals surface area (Å²) in [4.78, 5) is 0. The summed E-state index contributed by atoms with van der Waals surface area (Å²) in [6.07, 6.45) is -0.727. The summed E-state index contributed by atoms with van der Waals surface area (Å²) >= 11 is 0. The van der Waals surface area contributed by atoms with Gasteiger partial charge in [0.15, 0.2) is 0 Å². The summed E-state index contributed by atoms with van der Waals surface area (Å²) in [7, 11) is 1.66. The van der Waals surface area contributed by atoms with E-state index in [0.29, 0.717) is 25.3 Å². The fraction of sp³-hybridized carbons (Fsp3) is 0.294. The second kappa shape index (κ2) is 7.88. The quantitative estimate of drug-likeness (QED) is 0.823. The van der Waals surface area contributed by atoms with Crippen molar-refractivity contribution in [1.82, 2.24) is 5.32 Å². The number of aliphatic hydroxyl groups excluding tert-OH is 1. The lowest BCUT2D eigenvalue weighted by Crippen LogP contribution is -2.21. The Hall–Kier alpha value is -1.75. The highest BCUT2D eigenvalue weighted by Gasteiger charge is 2.08. The number of rotatable bonds is 7. The fourth-order valence-corrected chi connectivity index (χ4v) is 2.20. The Kier molecular flexibility index (Phi) is 5.87. The summed E-state index contributed by atoms with van der Waals surface area (Å²) in [5.41, 5.74) is 2.83. The van der Waals surface area contributed by atoms with Crippen LogP contribution >= 0.6 is 0 Å². The monoisotopic (exact) mass is 289 g/mol. The van der Waals surface area contributed by atoms with Gasteiger partial charge in [0.25, 0.3) is 0 Å². The van der Waals surface area contributed by atoms with Crippen molar-refractivity contribution in [3.63, 3.8) is 0 Å². The van der Waals surface area contributed by atoms with Gasteiger partial charge in [-0.3, -0.25) is 0 Å². The van der Waals surface area contributed by atoms with Gasteiger partial charge in [0.2, 0.25) is 0 Å². The van der Waals surface area contributed by atoms with Gasteiger partial charge in [-0.05, 0) is 28.8 Å². The van der Waals surface area contributed by atoms with Crippen LogP contribution in [0.4, 0.5) is 4.39 Å². The molecule has 4 heteroatoms. The van der Waals surface area contributed by atoms with E-state index in [2.05, 4.69) is 5.32 Å². The Labute approximate surface area is 124 Å². The molecule has 0 aliphatic carbocycles. The maximum Gasteiger partial charge on any atom is 0.123 e. The van der Waals surface area contributed by atoms with Gasteiger partial charge in [0.1, 0.15) is 5.82 Å². The second-order valence-corrected chi connectivity index (χ2v) is 4.90. The molecular weight excluding hydrogens is 269 g/mol. The molecule has 1 unspecified atom stereocenters. The van der Waals surface area contributed by atoms with Crippen molar-refractivity contribution in [1.29, 1.82) is 0 Å². The molecule has 1 atom stereocenters. The van der Waals surface area contributed by atoms with Crippen LogP contribution < -0.4 is 5.32 Å². The Morgan fingerprint density at radius 2 is 1.90 bits per heavy atom. The molecule has 0 aliphatic rings. The molecule has 2 rings (SSSR count). The van der Waals surface area contributed by atoms with Crippen LogP contribution in [-0.2, 0) is 17.9 Å². The van der Waals surface area contributed by atoms with Gasteiger partial charge in [-0.15, -0.1) is 0 Å². The van der Waals surface area contributed by atoms with Gasteiger partial charge in [-0.1, -0.05) is 36.4 Å². The predicted octanol–water partition coefficient (Wildman–Crippen LogP) is 2.80. The summed E-state index contributed by atoms with van der Waals surface area (Å²) < 4.78 is 18.3. The van der Waals surface area contributed by atoms with Gasteiger partial charge < -0.3 is 15.2 Å². The van der Waals surface area contributed by atoms with E-state index in [0.717, 1.165) is 11.1 Å². The molecule has 0 saturated heterocycles. The SMILES string of the molecule is COCc1ccccc1CNCC(O)c1cccc(F)c1. The van der Waals surface area contributed by atoms with E-state index < -0.39 is 6.10 Å². The molecular formula is C17H20FNO2. The molecule has 0 saturated carbocycles. The maximum absolute atomic E-state index is 13.1. The summed E-state index contributed by atoms with van der Waals surface area (Å²) in [6, 6.07) is 14.0. The number of benzene rings is 2. The maximum atomic E-state index is 13.1. The predicted molar refractivity (Wildman–Crippen MR) is 80.2 cm³/mol. The third kappa shape index (κ3) is 4.63. The van der Waals surface area contributed by atoms with E-state index in [9.17, 15) is 9.50 Å². The van der Waals surface area contributed by atoms with E-state index in [4.69, 9.17) is 4.74 Å². The Morgan fingerprint density at radius 1 is 1.14 bits per heavy atom. The van der Waals surface area contributed by atoms with Crippen LogP contribution in [-0.4, -0.2) is 18.8 Å². The molecule has 0 bridgehead atoms. The molecule has 112 valence electrons. The highest BCUT2D eigenvalue weighted by Crippen LogP contribution is 2.14. The van der Waals surface area contributed by atoms with E-state index in [1.165, 1.54) is 12.1 Å². The van der Waals surface area contributed by atoms with Crippen molar-refractivity contribution in [2.75, 3.05) is 13.7 Å². The van der Waals surface area contributed by atoms with Crippen LogP contribution in [0.25, 0.3) is 0 Å². The van der Waals surface area contributed by atoms with Crippen LogP contribution in [0.3, 0.4) is 0 Å². The summed E-state index contributed by atoms with van der Waals surface area (Å²) in [5, 5.41) is 13.2. The molecule has 0 aromatic heterocycles. The molecule has 21 heavy (non-hydrogen) atoms. The molecule has 0 radical (unpaired) electrons. The number of hydrogen-bond acceptors (Lipinski definition) is 3. The second-order valence-electron chi connectivity index (χ2n) is 4.90. The Balaban J connectivity index is 1.89. The summed E-state index contributed by atoms with van der Waals surface area (Å²) in [6.45, 7) is 1.56. The number of nitrogens with one attached hydrogen (secondary N) is 1. The highest BCUT2D eigenvalue weighted by atomic mass is 19.1. The minimum absolute atomic E-state index is 0.336. The van der Waals surface area contributed by atoms with Crippen molar-refractivity contribution in [2.45, 2.75) is 19.3 Å². The highest BCUT2D eigenvalue weighted by molar-refractivity contribution is 5.26. The van der Waals surface area contributed by atoms with Gasteiger partial charge in [0, 0.05) is 20.2 Å². The van der Waals surface area contributed by atoms with Crippen LogP contribution in [0.15, 0.2) is 48.5 Å². The molecule has 0 fully saturated rings. The fourth-order valence-electron chi connectivity index (χ4n) is 2.20. The largest absolute Gasteiger partial charge is 0.387 e. The third-order valence-corrected chi connectivity index (χ3v) is 3.30. The average Bonchev–Trinajstić information content (AvgIpc) is 2.49. The van der Waals surface area contributed by atoms with Crippen LogP contribution in [0.5, 0.6) is 0 Å². The van der Waals surface area contributed by atoms with E-state index in [1.807, 2.05) is 24.3 Å². The zero-order valence-electron chi connectivity index (χ0n) is 12.1. The topological polar surface area (TPSA) is 41.5 Å². The number of methoxy groups -OCH3 is 1. The molecule has 0 spiro atoms. The zero-order chi connectivity index (χ0) is 15.1. The van der Waals surface area contributed by atoms with Gasteiger partial charge in [0.05, 0.1) is 12.7 Å². The van der Waals surface area contributed by atoms with Crippen molar-refractivity contribution in [2.24, 2.45) is 0 Å². The van der Waals surface area contributed by atoms with E-state index in [1.54, 1.807) is 19.2 Å². The molecule has 2 aromatic carbocycles. The first kappa shape index (κ1) is 15.6. The molecule has 0 aliphatic heterocycles. The lowest BCUT2D eigenvalue weighted by molar-refractivity contribution is 0.173. The lowest BCUT2D eigenvalue weighted by Gasteiger charge is -2.14. The van der Waals surface area contributed by atoms with Gasteiger partial charge >= 0.3 is 0 Å². The average molecular weight is 289 g/mol. The van der Waals surface area contributed by atoms with Crippen LogP contribution in [0.1, 0.15) is 22.8 Å². The van der Waals surface area contributed by atoms with E-state index >= 15 is 0 Å². The number of aliphatic hydroxyl groups is 1. The third-order valence-electron chi connectivity index (χ3n) is 3.30. The standard InChI is InChI=1S/C17H20FNO2/c1-21-12-15-6-3-2-5-14(15)10-19-11-17(20)13-7-4-8-16(18)9-13/h2-9,17,19-20H,10-12H2,1H3.